The van der Waals surface area contributed by atoms with Crippen molar-refractivity contribution in [2.45, 2.75) is 0 Å². The first-order valence-electron chi connectivity index (χ1n) is 4.66. The standard InChI is InChI=1S/C10H12N4S/c1-15(2)6-8-7-3-12-13-5-9(7)11-4-10(8)14-15/h3-6,12,14H,1-2H3. The highest BCUT2D eigenvalue weighted by Gasteiger charge is 2.18. The molecular weight excluding hydrogens is 208 g/mol. The van der Waals surface area contributed by atoms with Gasteiger partial charge < -0.3 is 4.72 Å². The van der Waals surface area contributed by atoms with Gasteiger partial charge in [0, 0.05) is 16.6 Å². The second-order valence-electron chi connectivity index (χ2n) is 4.04. The predicted molar refractivity (Wildman–Crippen MR) is 66.2 cm³/mol. The number of pyridine rings is 1. The van der Waals surface area contributed by atoms with Gasteiger partial charge >= 0.3 is 0 Å². The second kappa shape index (κ2) is 2.76. The van der Waals surface area contributed by atoms with E-state index in [0.29, 0.717) is 0 Å². The van der Waals surface area contributed by atoms with E-state index < -0.39 is 10.2 Å². The van der Waals surface area contributed by atoms with Crippen LogP contribution in [0, 0.1) is 0 Å². The Morgan fingerprint density at radius 2 is 2.13 bits per heavy atom. The summed E-state index contributed by atoms with van der Waals surface area (Å²) in [5.41, 5.74) is 4.92. The number of rotatable bonds is 0. The van der Waals surface area contributed by atoms with Gasteiger partial charge in [-0.3, -0.25) is 10.4 Å². The highest BCUT2D eigenvalue weighted by Crippen LogP contribution is 2.43. The Kier molecular flexibility index (Phi) is 1.62. The van der Waals surface area contributed by atoms with Crippen LogP contribution in [0.15, 0.2) is 11.3 Å². The van der Waals surface area contributed by atoms with Crippen molar-refractivity contribution < 1.29 is 0 Å². The molecule has 0 amide bonds. The Morgan fingerprint density at radius 3 is 3.00 bits per heavy atom. The summed E-state index contributed by atoms with van der Waals surface area (Å²) in [6.07, 6.45) is 10.00. The van der Waals surface area contributed by atoms with Crippen molar-refractivity contribution in [1.82, 2.24) is 10.4 Å². The zero-order valence-corrected chi connectivity index (χ0v) is 9.43. The Balaban J connectivity index is 2.39. The van der Waals surface area contributed by atoms with Gasteiger partial charge in [-0.2, -0.15) is 15.3 Å². The fraction of sp³-hybridized carbons (Fsp3) is 0.200. The molecule has 5 heteroatoms. The van der Waals surface area contributed by atoms with E-state index in [-0.39, 0.29) is 0 Å². The van der Waals surface area contributed by atoms with Crippen LogP contribution < -0.4 is 20.6 Å². The molecule has 3 rings (SSSR count). The third-order valence-corrected chi connectivity index (χ3v) is 4.02. The molecule has 2 aliphatic rings. The number of hydrogen-bond donors (Lipinski definition) is 2. The number of fused-ring (bicyclic) bond motifs is 3. The van der Waals surface area contributed by atoms with E-state index in [1.54, 1.807) is 6.21 Å². The topological polar surface area (TPSA) is 49.3 Å². The summed E-state index contributed by atoms with van der Waals surface area (Å²) in [6.45, 7) is 0. The van der Waals surface area contributed by atoms with Crippen molar-refractivity contribution in [3.05, 3.63) is 22.3 Å². The first-order valence-corrected chi connectivity index (χ1v) is 7.18. The molecule has 0 atom stereocenters. The molecule has 0 saturated heterocycles. The molecule has 0 spiro atoms. The summed E-state index contributed by atoms with van der Waals surface area (Å²) in [5.74, 6) is 0. The quantitative estimate of drug-likeness (QED) is 0.642. The summed E-state index contributed by atoms with van der Waals surface area (Å²) in [5, 5.41) is 8.65. The van der Waals surface area contributed by atoms with E-state index in [1.165, 1.54) is 5.22 Å². The Labute approximate surface area is 89.2 Å². The zero-order chi connectivity index (χ0) is 10.5. The van der Waals surface area contributed by atoms with Crippen molar-refractivity contribution in [1.29, 1.82) is 0 Å². The number of anilines is 1. The molecule has 1 aromatic heterocycles. The number of aromatic nitrogens is 1. The smallest absolute Gasteiger partial charge is 0.0925 e. The van der Waals surface area contributed by atoms with Crippen LogP contribution in [0.3, 0.4) is 0 Å². The molecule has 78 valence electrons. The van der Waals surface area contributed by atoms with Gasteiger partial charge in [0.15, 0.2) is 0 Å². The number of hydrazone groups is 1. The van der Waals surface area contributed by atoms with E-state index in [1.807, 2.05) is 12.4 Å². The molecule has 0 aliphatic carbocycles. The Morgan fingerprint density at radius 1 is 1.27 bits per heavy atom. The minimum atomic E-state index is -0.846. The third kappa shape index (κ3) is 1.31. The lowest BCUT2D eigenvalue weighted by Gasteiger charge is -2.23. The molecule has 2 aliphatic heterocycles. The van der Waals surface area contributed by atoms with Gasteiger partial charge in [-0.25, -0.2) is 0 Å². The summed E-state index contributed by atoms with van der Waals surface area (Å²) < 4.78 is 3.50. The number of hydrogen-bond acceptors (Lipinski definition) is 4. The van der Waals surface area contributed by atoms with Crippen LogP contribution in [-0.4, -0.2) is 23.7 Å². The summed E-state index contributed by atoms with van der Waals surface area (Å²) in [4.78, 5) is 4.37. The van der Waals surface area contributed by atoms with Crippen LogP contribution in [-0.2, 0) is 0 Å². The lowest BCUT2D eigenvalue weighted by molar-refractivity contribution is 1.01. The molecule has 0 aromatic carbocycles. The minimum absolute atomic E-state index is 0.846. The normalized spacial score (nSPS) is 21.2. The largest absolute Gasteiger partial charge is 0.343 e. The van der Waals surface area contributed by atoms with Gasteiger partial charge in [0.1, 0.15) is 0 Å². The minimum Gasteiger partial charge on any atom is -0.343 e. The van der Waals surface area contributed by atoms with E-state index >= 15 is 0 Å². The molecule has 0 bridgehead atoms. The van der Waals surface area contributed by atoms with Crippen LogP contribution in [0.4, 0.5) is 5.69 Å². The number of nitrogens with one attached hydrogen (secondary N) is 2. The lowest BCUT2D eigenvalue weighted by Crippen LogP contribution is -2.33. The second-order valence-corrected chi connectivity index (χ2v) is 7.29. The average Bonchev–Trinajstić information content (AvgIpc) is 2.52. The fourth-order valence-corrected chi connectivity index (χ4v) is 3.46. The number of nitrogens with zero attached hydrogens (tertiary/aromatic N) is 2. The van der Waals surface area contributed by atoms with Gasteiger partial charge in [-0.15, -0.1) is 0 Å². The molecule has 0 fully saturated rings. The van der Waals surface area contributed by atoms with Crippen molar-refractivity contribution in [3.63, 3.8) is 0 Å². The van der Waals surface area contributed by atoms with E-state index in [2.05, 4.69) is 38.2 Å². The average molecular weight is 220 g/mol. The molecule has 3 heterocycles. The Bertz CT molecular complexity index is 574. The SMILES string of the molecule is CS1(C)C=c2c(cnc3c2=CNN=C3)N1. The van der Waals surface area contributed by atoms with Crippen molar-refractivity contribution in [3.8, 4) is 0 Å². The highest BCUT2D eigenvalue weighted by molar-refractivity contribution is 8.39. The fourth-order valence-electron chi connectivity index (χ4n) is 1.83. The monoisotopic (exact) mass is 220 g/mol. The molecule has 2 N–H and O–H groups in total. The molecule has 15 heavy (non-hydrogen) atoms. The van der Waals surface area contributed by atoms with Gasteiger partial charge in [0.25, 0.3) is 0 Å². The van der Waals surface area contributed by atoms with Crippen molar-refractivity contribution in [2.75, 3.05) is 17.2 Å². The van der Waals surface area contributed by atoms with E-state index in [9.17, 15) is 0 Å². The van der Waals surface area contributed by atoms with Crippen LogP contribution in [0.25, 0.3) is 11.6 Å². The Hall–Kier alpha value is -1.49. The van der Waals surface area contributed by atoms with Crippen LogP contribution in [0.2, 0.25) is 0 Å². The third-order valence-electron chi connectivity index (χ3n) is 2.44. The summed E-state index contributed by atoms with van der Waals surface area (Å²) in [7, 11) is -0.846. The summed E-state index contributed by atoms with van der Waals surface area (Å²) in [6, 6.07) is 0. The van der Waals surface area contributed by atoms with Gasteiger partial charge in [-0.1, -0.05) is 0 Å². The van der Waals surface area contributed by atoms with E-state index in [0.717, 1.165) is 16.6 Å². The molecule has 4 nitrogen and oxygen atoms in total. The van der Waals surface area contributed by atoms with Crippen LogP contribution >= 0.6 is 10.2 Å². The molecule has 0 saturated carbocycles. The van der Waals surface area contributed by atoms with Crippen LogP contribution in [0.5, 0.6) is 0 Å². The van der Waals surface area contributed by atoms with E-state index in [4.69, 9.17) is 0 Å². The molecule has 0 unspecified atom stereocenters. The zero-order valence-electron chi connectivity index (χ0n) is 8.61. The maximum Gasteiger partial charge on any atom is 0.0925 e. The van der Waals surface area contributed by atoms with Gasteiger partial charge in [0.2, 0.25) is 0 Å². The van der Waals surface area contributed by atoms with Crippen molar-refractivity contribution in [2.24, 2.45) is 5.10 Å². The predicted octanol–water partition coefficient (Wildman–Crippen LogP) is -0.101. The summed E-state index contributed by atoms with van der Waals surface area (Å²) >= 11 is 0. The lowest BCUT2D eigenvalue weighted by atomic mass is 10.2. The first kappa shape index (κ1) is 8.79. The van der Waals surface area contributed by atoms with Gasteiger partial charge in [0.05, 0.1) is 23.8 Å². The molecular formula is C10H12N4S. The first-order chi connectivity index (χ1) is 7.16. The maximum atomic E-state index is 4.37. The van der Waals surface area contributed by atoms with Crippen molar-refractivity contribution >= 4 is 33.7 Å². The van der Waals surface area contributed by atoms with Crippen LogP contribution in [0.1, 0.15) is 5.69 Å². The molecule has 1 aromatic rings. The highest BCUT2D eigenvalue weighted by atomic mass is 32.3. The molecule has 0 radical (unpaired) electrons. The maximum absolute atomic E-state index is 4.37. The van der Waals surface area contributed by atoms with Gasteiger partial charge in [-0.05, 0) is 17.9 Å².